The van der Waals surface area contributed by atoms with Crippen molar-refractivity contribution < 1.29 is 14.4 Å². The molecule has 0 heterocycles. The van der Waals surface area contributed by atoms with Crippen LogP contribution in [0.15, 0.2) is 0 Å². The molecule has 0 aromatic carbocycles. The number of carboxylic acid groups (broad SMARTS) is 1. The van der Waals surface area contributed by atoms with E-state index in [1.807, 2.05) is 0 Å². The first-order chi connectivity index (χ1) is 12.6. The van der Waals surface area contributed by atoms with Crippen molar-refractivity contribution in [3.8, 4) is 0 Å². The molecule has 0 radical (unpaired) electrons. The zero-order valence-electron chi connectivity index (χ0n) is 18.4. The fourth-order valence-corrected chi connectivity index (χ4v) is 4.27. The summed E-state index contributed by atoms with van der Waals surface area (Å²) in [6.07, 6.45) is 16.6. The van der Waals surface area contributed by atoms with Gasteiger partial charge in [-0.15, -0.1) is 0 Å². The van der Waals surface area contributed by atoms with E-state index in [0.717, 1.165) is 37.0 Å². The Labute approximate surface area is 164 Å². The Morgan fingerprint density at radius 1 is 0.654 bits per heavy atom. The topological polar surface area (TPSA) is 37.3 Å². The molecular weight excluding hydrogens is 322 g/mol. The zero-order valence-corrected chi connectivity index (χ0v) is 18.4. The van der Waals surface area contributed by atoms with E-state index in [4.69, 9.17) is 0 Å². The molecule has 0 rings (SSSR count). The predicted octanol–water partition coefficient (Wildman–Crippen LogP) is 6.80. The molecule has 0 fully saturated rings. The average molecular weight is 371 g/mol. The van der Waals surface area contributed by atoms with E-state index < -0.39 is 5.97 Å². The molecule has 0 amide bonds. The molecule has 0 bridgehead atoms. The van der Waals surface area contributed by atoms with Gasteiger partial charge in [-0.3, -0.25) is 0 Å². The van der Waals surface area contributed by atoms with Gasteiger partial charge in [0.05, 0.1) is 19.6 Å². The lowest BCUT2D eigenvalue weighted by molar-refractivity contribution is -0.944. The van der Waals surface area contributed by atoms with Crippen molar-refractivity contribution in [3.63, 3.8) is 0 Å². The van der Waals surface area contributed by atoms with Gasteiger partial charge in [-0.05, 0) is 44.9 Å². The van der Waals surface area contributed by atoms with E-state index in [9.17, 15) is 9.90 Å². The summed E-state index contributed by atoms with van der Waals surface area (Å²) < 4.78 is 0.848. The maximum absolute atomic E-state index is 12.2. The Morgan fingerprint density at radius 2 is 1.04 bits per heavy atom. The van der Waals surface area contributed by atoms with Gasteiger partial charge in [0, 0.05) is 6.42 Å². The summed E-state index contributed by atoms with van der Waals surface area (Å²) in [7, 11) is 0. The summed E-state index contributed by atoms with van der Waals surface area (Å²) in [5.74, 6) is -0.562. The number of carboxylic acids is 1. The standard InChI is InChI=1S/C23H47NO2/c1-5-9-12-15-19-24(20-16-13-10-6-2,21-17-14-11-7-3)22(18-8-4)23(25)26/h22H,5-21H2,1-4H3/p+1. The summed E-state index contributed by atoms with van der Waals surface area (Å²) >= 11 is 0. The molecule has 1 unspecified atom stereocenters. The molecule has 0 saturated heterocycles. The number of carbonyl (C=O) groups is 1. The lowest BCUT2D eigenvalue weighted by atomic mass is 10.0. The minimum Gasteiger partial charge on any atom is -0.477 e. The van der Waals surface area contributed by atoms with Crippen LogP contribution in [0.5, 0.6) is 0 Å². The number of hydrogen-bond acceptors (Lipinski definition) is 1. The third-order valence-electron chi connectivity index (χ3n) is 5.88. The quantitative estimate of drug-likeness (QED) is 0.200. The van der Waals surface area contributed by atoms with E-state index in [1.165, 1.54) is 77.0 Å². The van der Waals surface area contributed by atoms with Crippen LogP contribution in [0, 0.1) is 0 Å². The predicted molar refractivity (Wildman–Crippen MR) is 114 cm³/mol. The van der Waals surface area contributed by atoms with Crippen LogP contribution in [0.1, 0.15) is 118 Å². The van der Waals surface area contributed by atoms with Gasteiger partial charge in [0.15, 0.2) is 6.04 Å². The molecule has 0 aliphatic carbocycles. The smallest absolute Gasteiger partial charge is 0.362 e. The Hall–Kier alpha value is -0.570. The van der Waals surface area contributed by atoms with Gasteiger partial charge in [0.25, 0.3) is 0 Å². The summed E-state index contributed by atoms with van der Waals surface area (Å²) in [6, 6.07) is -0.204. The highest BCUT2D eigenvalue weighted by atomic mass is 16.4. The summed E-state index contributed by atoms with van der Waals surface area (Å²) in [4.78, 5) is 12.2. The van der Waals surface area contributed by atoms with E-state index in [0.29, 0.717) is 0 Å². The first-order valence-electron chi connectivity index (χ1n) is 11.7. The Morgan fingerprint density at radius 3 is 1.31 bits per heavy atom. The number of quaternary nitrogens is 1. The van der Waals surface area contributed by atoms with Gasteiger partial charge in [0.1, 0.15) is 0 Å². The highest BCUT2D eigenvalue weighted by Gasteiger charge is 2.40. The maximum Gasteiger partial charge on any atom is 0.362 e. The minimum atomic E-state index is -0.562. The Balaban J connectivity index is 5.22. The van der Waals surface area contributed by atoms with Crippen LogP contribution in [-0.4, -0.2) is 41.2 Å². The van der Waals surface area contributed by atoms with Gasteiger partial charge in [-0.1, -0.05) is 66.2 Å². The molecule has 156 valence electrons. The fourth-order valence-electron chi connectivity index (χ4n) is 4.27. The summed E-state index contributed by atoms with van der Waals surface area (Å²) in [6.45, 7) is 12.1. The molecule has 0 aromatic rings. The Bertz CT molecular complexity index is 299. The molecule has 1 N–H and O–H groups in total. The molecule has 0 spiro atoms. The summed E-state index contributed by atoms with van der Waals surface area (Å²) in [5.41, 5.74) is 0. The van der Waals surface area contributed by atoms with Crippen LogP contribution in [0.2, 0.25) is 0 Å². The van der Waals surface area contributed by atoms with Crippen LogP contribution >= 0.6 is 0 Å². The van der Waals surface area contributed by atoms with Crippen LogP contribution in [0.3, 0.4) is 0 Å². The minimum absolute atomic E-state index is 0.204. The van der Waals surface area contributed by atoms with Gasteiger partial charge in [-0.25, -0.2) is 4.79 Å². The third kappa shape index (κ3) is 10.5. The van der Waals surface area contributed by atoms with E-state index in [1.54, 1.807) is 0 Å². The molecule has 0 saturated carbocycles. The lowest BCUT2D eigenvalue weighted by Gasteiger charge is -2.44. The molecule has 26 heavy (non-hydrogen) atoms. The SMILES string of the molecule is CCCCCC[N+](CCCCCC)(CCCCCC)C(CCC)C(=O)O. The van der Waals surface area contributed by atoms with Crippen molar-refractivity contribution in [2.45, 2.75) is 124 Å². The van der Waals surface area contributed by atoms with Crippen molar-refractivity contribution in [1.29, 1.82) is 0 Å². The zero-order chi connectivity index (χ0) is 19.7. The number of hydrogen-bond donors (Lipinski definition) is 1. The monoisotopic (exact) mass is 370 g/mol. The van der Waals surface area contributed by atoms with E-state index >= 15 is 0 Å². The highest BCUT2D eigenvalue weighted by Crippen LogP contribution is 2.25. The van der Waals surface area contributed by atoms with Gasteiger partial charge < -0.3 is 9.59 Å². The van der Waals surface area contributed by atoms with Crippen molar-refractivity contribution >= 4 is 5.97 Å². The van der Waals surface area contributed by atoms with Gasteiger partial charge >= 0.3 is 5.97 Å². The molecule has 3 nitrogen and oxygen atoms in total. The normalized spacial score (nSPS) is 13.1. The van der Waals surface area contributed by atoms with Crippen molar-refractivity contribution in [2.75, 3.05) is 19.6 Å². The van der Waals surface area contributed by atoms with Crippen LogP contribution in [0.4, 0.5) is 0 Å². The first-order valence-corrected chi connectivity index (χ1v) is 11.7. The van der Waals surface area contributed by atoms with Crippen molar-refractivity contribution in [3.05, 3.63) is 0 Å². The van der Waals surface area contributed by atoms with Gasteiger partial charge in [-0.2, -0.15) is 0 Å². The number of nitrogens with zero attached hydrogens (tertiary/aromatic N) is 1. The average Bonchev–Trinajstić information content (AvgIpc) is 2.63. The number of unbranched alkanes of at least 4 members (excludes halogenated alkanes) is 9. The lowest BCUT2D eigenvalue weighted by Crippen LogP contribution is -2.60. The molecule has 0 aliphatic rings. The molecule has 1 atom stereocenters. The van der Waals surface area contributed by atoms with Crippen molar-refractivity contribution in [2.24, 2.45) is 0 Å². The van der Waals surface area contributed by atoms with Gasteiger partial charge in [0.2, 0.25) is 0 Å². The molecule has 0 aliphatic heterocycles. The van der Waals surface area contributed by atoms with Crippen LogP contribution in [0.25, 0.3) is 0 Å². The number of rotatable bonds is 19. The molecule has 3 heteroatoms. The third-order valence-corrected chi connectivity index (χ3v) is 5.88. The maximum atomic E-state index is 12.2. The van der Waals surface area contributed by atoms with E-state index in [2.05, 4.69) is 27.7 Å². The molecule has 0 aromatic heterocycles. The first kappa shape index (κ1) is 25.4. The summed E-state index contributed by atoms with van der Waals surface area (Å²) in [5, 5.41) is 10.0. The Kier molecular flexibility index (Phi) is 16.2. The van der Waals surface area contributed by atoms with Crippen LogP contribution in [-0.2, 0) is 4.79 Å². The second-order valence-corrected chi connectivity index (χ2v) is 8.21. The molecular formula is C23H48NO2+. The number of aliphatic carboxylic acids is 1. The fraction of sp³-hybridized carbons (Fsp3) is 0.957. The van der Waals surface area contributed by atoms with Crippen molar-refractivity contribution in [1.82, 2.24) is 0 Å². The second-order valence-electron chi connectivity index (χ2n) is 8.21. The van der Waals surface area contributed by atoms with E-state index in [-0.39, 0.29) is 6.04 Å². The highest BCUT2D eigenvalue weighted by molar-refractivity contribution is 5.72. The second kappa shape index (κ2) is 16.6. The largest absolute Gasteiger partial charge is 0.477 e. The van der Waals surface area contributed by atoms with Crippen LogP contribution < -0.4 is 0 Å².